The van der Waals surface area contributed by atoms with Crippen molar-refractivity contribution in [3.05, 3.63) is 12.1 Å². The molecule has 0 aromatic rings. The molecular weight excluding hydrogens is 747 g/mol. The summed E-state index contributed by atoms with van der Waals surface area (Å²) in [5.41, 5.74) is 0. The molecule has 5 N–H and O–H groups in total. The van der Waals surface area contributed by atoms with Crippen molar-refractivity contribution in [3.8, 4) is 0 Å². The zero-order valence-corrected chi connectivity index (χ0v) is 19.2. The lowest BCUT2D eigenvalue weighted by Crippen LogP contribution is -2.65. The second-order valence-electron chi connectivity index (χ2n) is 6.50. The maximum atomic E-state index is 13.3. The molecule has 0 heterocycles. The molecule has 0 saturated heterocycles. The molecule has 278 valence electrons. The molecule has 0 spiro atoms. The van der Waals surface area contributed by atoms with Crippen molar-refractivity contribution in [1.82, 2.24) is 6.15 Å². The third-order valence-electron chi connectivity index (χ3n) is 3.33. The Balaban J connectivity index is -0.000000246. The Bertz CT molecular complexity index is 965. The fraction of sp³-hybridized carbons (Fsp3) is 0.846. The average Bonchev–Trinajstić information content (AvgIpc) is 2.69. The van der Waals surface area contributed by atoms with Crippen molar-refractivity contribution in [2.45, 2.75) is 67.1 Å². The van der Waals surface area contributed by atoms with Gasteiger partial charge in [-0.1, -0.05) is 0 Å². The Hall–Kier alpha value is -2.51. The minimum Gasteiger partial charge on any atom is -0.412 e. The lowest BCUT2D eigenvalue weighted by Gasteiger charge is -2.37. The van der Waals surface area contributed by atoms with Crippen molar-refractivity contribution >= 4 is 0 Å². The Morgan fingerprint density at radius 2 is 0.800 bits per heavy atom. The number of hydrogen-bond donors (Lipinski definition) is 1. The largest absolute Gasteiger partial charge is 0.471 e. The summed E-state index contributed by atoms with van der Waals surface area (Å²) in [6.07, 6.45) is -58.8. The van der Waals surface area contributed by atoms with E-state index in [-0.39, 0.29) is 13.1 Å². The minimum absolute atomic E-state index is 0. The molecule has 0 aliphatic rings. The molecule has 5 nitrogen and oxygen atoms in total. The first-order chi connectivity index (χ1) is 18.2. The molecule has 0 rings (SSSR count). The van der Waals surface area contributed by atoms with Crippen molar-refractivity contribution in [2.75, 3.05) is 0 Å². The van der Waals surface area contributed by atoms with Gasteiger partial charge in [-0.15, -0.1) is 0 Å². The lowest BCUT2D eigenvalue weighted by atomic mass is 10.2. The molecule has 0 bridgehead atoms. The monoisotopic (exact) mass is 756 g/mol. The molecule has 0 aliphatic carbocycles. The van der Waals surface area contributed by atoms with Crippen LogP contribution in [0.3, 0.4) is 0 Å². The summed E-state index contributed by atoms with van der Waals surface area (Å²) < 4.78 is 329. The third kappa shape index (κ3) is 10.8. The van der Waals surface area contributed by atoms with E-state index in [1.807, 2.05) is 0 Å². The number of hydrogen-bond acceptors (Lipinski definition) is 4. The van der Waals surface area contributed by atoms with Gasteiger partial charge in [-0.05, 0) is 0 Å². The maximum absolute atomic E-state index is 13.3. The maximum Gasteiger partial charge on any atom is 0.471 e. The summed E-state index contributed by atoms with van der Waals surface area (Å²) >= 11 is 0. The van der Waals surface area contributed by atoms with E-state index in [1.54, 1.807) is 9.47 Å². The summed E-state index contributed by atoms with van der Waals surface area (Å²) in [4.78, 5) is 0. The van der Waals surface area contributed by atoms with Crippen LogP contribution in [0.2, 0.25) is 0 Å². The van der Waals surface area contributed by atoms with Gasteiger partial charge in [0.05, 0.1) is 0 Å². The van der Waals surface area contributed by atoms with Crippen LogP contribution in [0.5, 0.6) is 0 Å². The van der Waals surface area contributed by atoms with Gasteiger partial charge in [0.25, 0.3) is 6.36 Å². The predicted octanol–water partition coefficient (Wildman–Crippen LogP) is 8.90. The summed E-state index contributed by atoms with van der Waals surface area (Å²) in [5, 5.41) is 0. The molecule has 0 amide bonds. The number of rotatable bonds is 9. The van der Waals surface area contributed by atoms with Crippen LogP contribution in [-0.2, 0) is 14.2 Å². The number of ether oxygens (including phenoxy) is 3. The summed E-state index contributed by atoms with van der Waals surface area (Å²) in [6, 6.07) is -4.00. The molecule has 2 atom stereocenters. The van der Waals surface area contributed by atoms with Crippen LogP contribution in [-0.4, -0.2) is 72.6 Å². The lowest BCUT2D eigenvalue weighted by molar-refractivity contribution is -0.531. The Morgan fingerprint density at radius 1 is 0.489 bits per heavy atom. The van der Waals surface area contributed by atoms with Crippen molar-refractivity contribution in [3.63, 3.8) is 0 Å². The normalized spacial score (nSPS) is 16.2. The fourth-order valence-corrected chi connectivity index (χ4v) is 1.34. The highest BCUT2D eigenvalue weighted by molar-refractivity contribution is 4.95. The van der Waals surface area contributed by atoms with E-state index >= 15 is 0 Å². The highest BCUT2D eigenvalue weighted by atomic mass is 19.4. The molecule has 0 aromatic carbocycles. The van der Waals surface area contributed by atoms with Gasteiger partial charge in [0.2, 0.25) is 0 Å². The number of halogens is 27. The molecule has 0 aromatic heterocycles. The first kappa shape index (κ1) is 49.4. The van der Waals surface area contributed by atoms with Gasteiger partial charge in [-0.25, -0.2) is 4.39 Å². The van der Waals surface area contributed by atoms with Gasteiger partial charge in [0, 0.05) is 1.43 Å². The van der Waals surface area contributed by atoms with E-state index in [9.17, 15) is 119 Å². The molecule has 0 aliphatic heterocycles. The highest BCUT2D eigenvalue weighted by Crippen LogP contribution is 2.55. The van der Waals surface area contributed by atoms with Gasteiger partial charge in [0.15, 0.2) is 0 Å². The van der Waals surface area contributed by atoms with Gasteiger partial charge in [0.1, 0.15) is 0 Å². The molecule has 0 radical (unpaired) electrons. The second-order valence-corrected chi connectivity index (χ2v) is 6.50. The SMILES string of the molecule is FC(F)=C(F)OC(F)(F)C(F)(OC(F)(F)C(F)(F)C(F)(F)F)C(F)(F)F.FC(OC(F)(F)C(F)(F)C(F)(F)F)C(F)(F)F.N.O.[2HH]. The molecule has 0 fully saturated rings. The quantitative estimate of drug-likeness (QED) is 0.188. The predicted molar refractivity (Wildman–Crippen MR) is 82.0 cm³/mol. The number of alkyl halides is 24. The van der Waals surface area contributed by atoms with Crippen LogP contribution in [0.15, 0.2) is 12.1 Å². The Labute approximate surface area is 226 Å². The molecular formula is C13H8F27NO4. The van der Waals surface area contributed by atoms with Gasteiger partial charge in [-0.2, -0.15) is 114 Å². The zero-order valence-electron chi connectivity index (χ0n) is 19.2. The van der Waals surface area contributed by atoms with Crippen LogP contribution < -0.4 is 6.15 Å². The second kappa shape index (κ2) is 14.1. The van der Waals surface area contributed by atoms with Gasteiger partial charge >= 0.3 is 72.8 Å². The van der Waals surface area contributed by atoms with Gasteiger partial charge < -0.3 is 16.4 Å². The Morgan fingerprint density at radius 3 is 1.04 bits per heavy atom. The Kier molecular flexibility index (Phi) is 15.5. The molecule has 2 unspecified atom stereocenters. The molecule has 45 heavy (non-hydrogen) atoms. The average molecular weight is 756 g/mol. The summed E-state index contributed by atoms with van der Waals surface area (Å²) in [5.74, 6) is -22.3. The standard InChI is InChI=1S/C8F16O2.C5HF11O.H3N.H2O.H2/c9-1(10)2(11)25-8(23,24)4(14,6(18,19)20)26-7(21,22)3(12,13)5(15,16)17;6-1(2(7,8)9)17-5(15,16)3(10,11)4(12,13)14;;;/h;1H;1H3;1H2;1H/i;;;;1+1. The van der Waals surface area contributed by atoms with E-state index < -0.39 is 79.2 Å². The van der Waals surface area contributed by atoms with Crippen molar-refractivity contribution < 1.29 is 140 Å². The summed E-state index contributed by atoms with van der Waals surface area (Å²) in [7, 11) is 0. The molecule has 32 heteroatoms. The van der Waals surface area contributed by atoms with Crippen LogP contribution in [0.1, 0.15) is 1.43 Å². The molecule has 0 saturated carbocycles. The zero-order chi connectivity index (χ0) is 35.9. The van der Waals surface area contributed by atoms with Crippen molar-refractivity contribution in [2.24, 2.45) is 0 Å². The fourth-order valence-electron chi connectivity index (χ4n) is 1.34. The van der Waals surface area contributed by atoms with E-state index in [0.29, 0.717) is 0 Å². The van der Waals surface area contributed by atoms with E-state index in [2.05, 4.69) is 0 Å². The third-order valence-corrected chi connectivity index (χ3v) is 3.33. The van der Waals surface area contributed by atoms with Gasteiger partial charge in [-0.3, -0.25) is 9.47 Å². The van der Waals surface area contributed by atoms with E-state index in [0.717, 1.165) is 0 Å². The van der Waals surface area contributed by atoms with Crippen LogP contribution >= 0.6 is 0 Å². The van der Waals surface area contributed by atoms with Crippen molar-refractivity contribution in [1.29, 1.82) is 0 Å². The van der Waals surface area contributed by atoms with E-state index in [4.69, 9.17) is 0 Å². The minimum atomic E-state index is -7.68. The first-order valence-electron chi connectivity index (χ1n) is 8.43. The summed E-state index contributed by atoms with van der Waals surface area (Å²) in [6.45, 7) is 0. The van der Waals surface area contributed by atoms with Crippen LogP contribution in [0, 0.1) is 0 Å². The van der Waals surface area contributed by atoms with Crippen LogP contribution in [0.25, 0.3) is 0 Å². The van der Waals surface area contributed by atoms with Crippen LogP contribution in [0.4, 0.5) is 119 Å². The first-order valence-corrected chi connectivity index (χ1v) is 8.43. The topological polar surface area (TPSA) is 94.2 Å². The highest BCUT2D eigenvalue weighted by Gasteiger charge is 2.84. The van der Waals surface area contributed by atoms with E-state index in [1.165, 1.54) is 4.74 Å². The smallest absolute Gasteiger partial charge is 0.412 e.